The number of hydrogen-bond acceptors (Lipinski definition) is 2. The Balaban J connectivity index is 1.79. The van der Waals surface area contributed by atoms with Crippen LogP contribution in [0.1, 0.15) is 61.4 Å². The summed E-state index contributed by atoms with van der Waals surface area (Å²) >= 11 is 0. The molecule has 0 bridgehead atoms. The van der Waals surface area contributed by atoms with Crippen molar-refractivity contribution in [2.24, 2.45) is 0 Å². The zero-order chi connectivity index (χ0) is 14.8. The quantitative estimate of drug-likeness (QED) is 0.923. The molecule has 1 aliphatic carbocycles. The van der Waals surface area contributed by atoms with Crippen molar-refractivity contribution in [3.8, 4) is 5.75 Å². The lowest BCUT2D eigenvalue weighted by Crippen LogP contribution is -2.24. The fraction of sp³-hybridized carbons (Fsp3) is 0.588. The topological polar surface area (TPSA) is 38.3 Å². The minimum atomic E-state index is -0.908. The summed E-state index contributed by atoms with van der Waals surface area (Å²) in [6.45, 7) is 2.98. The highest BCUT2D eigenvalue weighted by Gasteiger charge is 2.32. The average molecular weight is 291 g/mol. The number of halogens is 1. The van der Waals surface area contributed by atoms with Gasteiger partial charge in [0.15, 0.2) is 0 Å². The number of benzene rings is 1. The van der Waals surface area contributed by atoms with Gasteiger partial charge >= 0.3 is 0 Å². The van der Waals surface area contributed by atoms with Gasteiger partial charge in [0, 0.05) is 24.9 Å². The number of nitrogens with one attached hydrogen (secondary N) is 1. The summed E-state index contributed by atoms with van der Waals surface area (Å²) in [7, 11) is 0. The van der Waals surface area contributed by atoms with E-state index in [1.54, 1.807) is 0 Å². The SMILES string of the molecule is CCC(=O)NCCC1CCc2ccc3c(c21)C(F)CCO3. The van der Waals surface area contributed by atoms with Crippen LogP contribution in [-0.2, 0) is 11.2 Å². The number of ether oxygens (including phenoxy) is 1. The molecule has 3 rings (SSSR count). The van der Waals surface area contributed by atoms with Crippen molar-refractivity contribution >= 4 is 5.91 Å². The third kappa shape index (κ3) is 2.76. The highest BCUT2D eigenvalue weighted by molar-refractivity contribution is 5.75. The van der Waals surface area contributed by atoms with Gasteiger partial charge in [-0.1, -0.05) is 13.0 Å². The number of amides is 1. The molecule has 1 N–H and O–H groups in total. The molecule has 0 spiro atoms. The first-order chi connectivity index (χ1) is 10.2. The summed E-state index contributed by atoms with van der Waals surface area (Å²) in [6, 6.07) is 4.00. The normalized spacial score (nSPS) is 23.1. The van der Waals surface area contributed by atoms with Crippen LogP contribution in [-0.4, -0.2) is 19.1 Å². The molecule has 21 heavy (non-hydrogen) atoms. The number of fused-ring (bicyclic) bond motifs is 3. The molecule has 2 aliphatic rings. The van der Waals surface area contributed by atoms with E-state index in [-0.39, 0.29) is 5.91 Å². The molecule has 2 unspecified atom stereocenters. The van der Waals surface area contributed by atoms with Crippen molar-refractivity contribution in [2.45, 2.75) is 51.1 Å². The van der Waals surface area contributed by atoms with Gasteiger partial charge in [-0.15, -0.1) is 0 Å². The minimum Gasteiger partial charge on any atom is -0.493 e. The van der Waals surface area contributed by atoms with Crippen molar-refractivity contribution in [2.75, 3.05) is 13.2 Å². The molecule has 0 fully saturated rings. The Labute approximate surface area is 124 Å². The summed E-state index contributed by atoms with van der Waals surface area (Å²) in [4.78, 5) is 11.3. The Morgan fingerprint density at radius 1 is 1.38 bits per heavy atom. The van der Waals surface area contributed by atoms with Crippen LogP contribution >= 0.6 is 0 Å². The van der Waals surface area contributed by atoms with Gasteiger partial charge in [0.05, 0.1) is 6.61 Å². The van der Waals surface area contributed by atoms with Crippen molar-refractivity contribution in [1.82, 2.24) is 5.32 Å². The first kappa shape index (κ1) is 14.4. The van der Waals surface area contributed by atoms with Crippen LogP contribution in [0.3, 0.4) is 0 Å². The van der Waals surface area contributed by atoms with E-state index < -0.39 is 6.17 Å². The number of rotatable bonds is 4. The van der Waals surface area contributed by atoms with Gasteiger partial charge in [-0.2, -0.15) is 0 Å². The number of hydrogen-bond donors (Lipinski definition) is 1. The molecule has 3 nitrogen and oxygen atoms in total. The van der Waals surface area contributed by atoms with E-state index in [2.05, 4.69) is 11.4 Å². The fourth-order valence-corrected chi connectivity index (χ4v) is 3.50. The number of carbonyl (C=O) groups excluding carboxylic acids is 1. The molecule has 1 aromatic carbocycles. The molecule has 0 aromatic heterocycles. The largest absolute Gasteiger partial charge is 0.493 e. The summed E-state index contributed by atoms with van der Waals surface area (Å²) in [5.74, 6) is 1.14. The van der Waals surface area contributed by atoms with Gasteiger partial charge in [-0.3, -0.25) is 4.79 Å². The second-order valence-corrected chi connectivity index (χ2v) is 5.88. The van der Waals surface area contributed by atoms with Gasteiger partial charge in [-0.05, 0) is 42.4 Å². The van der Waals surface area contributed by atoms with E-state index in [1.165, 1.54) is 5.56 Å². The first-order valence-electron chi connectivity index (χ1n) is 7.90. The van der Waals surface area contributed by atoms with Crippen LogP contribution in [0, 0.1) is 0 Å². The van der Waals surface area contributed by atoms with Crippen molar-refractivity contribution in [1.29, 1.82) is 0 Å². The number of aryl methyl sites for hydroxylation is 1. The van der Waals surface area contributed by atoms with E-state index in [1.807, 2.05) is 13.0 Å². The molecule has 1 aliphatic heterocycles. The third-order valence-electron chi connectivity index (χ3n) is 4.59. The van der Waals surface area contributed by atoms with E-state index in [0.29, 0.717) is 31.9 Å². The van der Waals surface area contributed by atoms with Gasteiger partial charge < -0.3 is 10.1 Å². The summed E-state index contributed by atoms with van der Waals surface area (Å²) in [6.07, 6.45) is 2.97. The van der Waals surface area contributed by atoms with Crippen LogP contribution in [0.2, 0.25) is 0 Å². The highest BCUT2D eigenvalue weighted by atomic mass is 19.1. The molecule has 0 saturated heterocycles. The Hall–Kier alpha value is -1.58. The maximum Gasteiger partial charge on any atom is 0.219 e. The Morgan fingerprint density at radius 2 is 2.24 bits per heavy atom. The van der Waals surface area contributed by atoms with Crippen LogP contribution in [0.5, 0.6) is 5.75 Å². The van der Waals surface area contributed by atoms with E-state index in [9.17, 15) is 9.18 Å². The first-order valence-corrected chi connectivity index (χ1v) is 7.90. The zero-order valence-corrected chi connectivity index (χ0v) is 12.5. The predicted octanol–water partition coefficient (Wildman–Crippen LogP) is 3.43. The van der Waals surface area contributed by atoms with E-state index in [4.69, 9.17) is 4.74 Å². The standard InChI is InChI=1S/C17H22FNO2/c1-2-15(20)19-9-7-12-4-3-11-5-6-14-17(16(11)12)13(18)8-10-21-14/h5-6,12-13H,2-4,7-10H2,1H3,(H,19,20). The molecule has 0 saturated carbocycles. The van der Waals surface area contributed by atoms with Crippen LogP contribution in [0.4, 0.5) is 4.39 Å². The fourth-order valence-electron chi connectivity index (χ4n) is 3.50. The van der Waals surface area contributed by atoms with Gasteiger partial charge in [0.1, 0.15) is 11.9 Å². The maximum atomic E-state index is 14.4. The van der Waals surface area contributed by atoms with E-state index in [0.717, 1.165) is 36.1 Å². The molecule has 114 valence electrons. The Kier molecular flexibility index (Phi) is 4.13. The summed E-state index contributed by atoms with van der Waals surface area (Å²) in [5.41, 5.74) is 3.20. The second-order valence-electron chi connectivity index (χ2n) is 5.88. The van der Waals surface area contributed by atoms with Crippen LogP contribution in [0.15, 0.2) is 12.1 Å². The van der Waals surface area contributed by atoms with Crippen molar-refractivity contribution in [3.05, 3.63) is 28.8 Å². The lowest BCUT2D eigenvalue weighted by molar-refractivity contribution is -0.120. The molecule has 1 aromatic rings. The maximum absolute atomic E-state index is 14.4. The molecule has 1 amide bonds. The van der Waals surface area contributed by atoms with Gasteiger partial charge in [-0.25, -0.2) is 4.39 Å². The Bertz CT molecular complexity index is 544. The number of carbonyl (C=O) groups is 1. The third-order valence-corrected chi connectivity index (χ3v) is 4.59. The van der Waals surface area contributed by atoms with Crippen LogP contribution in [0.25, 0.3) is 0 Å². The molecular weight excluding hydrogens is 269 g/mol. The highest BCUT2D eigenvalue weighted by Crippen LogP contribution is 2.46. The lowest BCUT2D eigenvalue weighted by atomic mass is 9.89. The van der Waals surface area contributed by atoms with Gasteiger partial charge in [0.2, 0.25) is 5.91 Å². The van der Waals surface area contributed by atoms with Crippen molar-refractivity contribution in [3.63, 3.8) is 0 Å². The zero-order valence-electron chi connectivity index (χ0n) is 12.5. The predicted molar refractivity (Wildman–Crippen MR) is 79.4 cm³/mol. The Morgan fingerprint density at radius 3 is 3.05 bits per heavy atom. The molecular formula is C17H22FNO2. The molecule has 1 heterocycles. The monoisotopic (exact) mass is 291 g/mol. The van der Waals surface area contributed by atoms with E-state index >= 15 is 0 Å². The lowest BCUT2D eigenvalue weighted by Gasteiger charge is -2.25. The van der Waals surface area contributed by atoms with Crippen LogP contribution < -0.4 is 10.1 Å². The van der Waals surface area contributed by atoms with Gasteiger partial charge in [0.25, 0.3) is 0 Å². The molecule has 2 atom stereocenters. The number of alkyl halides is 1. The molecule has 4 heteroatoms. The minimum absolute atomic E-state index is 0.0787. The average Bonchev–Trinajstić information content (AvgIpc) is 2.90. The summed E-state index contributed by atoms with van der Waals surface area (Å²) < 4.78 is 20.0. The van der Waals surface area contributed by atoms with Crippen molar-refractivity contribution < 1.29 is 13.9 Å². The smallest absolute Gasteiger partial charge is 0.219 e. The second kappa shape index (κ2) is 6.04. The molecule has 0 radical (unpaired) electrons. The summed E-state index contributed by atoms with van der Waals surface area (Å²) in [5, 5.41) is 2.92.